The van der Waals surface area contributed by atoms with E-state index in [2.05, 4.69) is 68.8 Å². The van der Waals surface area contributed by atoms with Crippen molar-refractivity contribution in [2.75, 3.05) is 18.0 Å². The third kappa shape index (κ3) is 4.30. The number of aromatic amines is 1. The Kier molecular flexibility index (Phi) is 5.60. The van der Waals surface area contributed by atoms with Crippen LogP contribution in [0.3, 0.4) is 0 Å². The highest BCUT2D eigenvalue weighted by atomic mass is 127. The molecule has 0 bridgehead atoms. The van der Waals surface area contributed by atoms with Gasteiger partial charge in [-0.25, -0.2) is 0 Å². The molecule has 1 fully saturated rings. The fraction of sp³-hybridized carbons (Fsp3) is 0.273. The number of fused-ring (bicyclic) bond motifs is 1. The van der Waals surface area contributed by atoms with Gasteiger partial charge in [-0.15, -0.1) is 0 Å². The van der Waals surface area contributed by atoms with Crippen molar-refractivity contribution >= 4 is 51.0 Å². The Bertz CT molecular complexity index is 1110. The Hall–Kier alpha value is -2.39. The van der Waals surface area contributed by atoms with Gasteiger partial charge in [0, 0.05) is 51.4 Å². The predicted molar refractivity (Wildman–Crippen MR) is 127 cm³/mol. The van der Waals surface area contributed by atoms with Gasteiger partial charge in [-0.2, -0.15) is 0 Å². The summed E-state index contributed by atoms with van der Waals surface area (Å²) in [5.74, 6) is -0.173. The molecule has 0 radical (unpaired) electrons. The summed E-state index contributed by atoms with van der Waals surface area (Å²) in [7, 11) is 0. The number of benzene rings is 2. The molecule has 0 amide bonds. The molecule has 29 heavy (non-hydrogen) atoms. The molecule has 1 aromatic heterocycles. The lowest BCUT2D eigenvalue weighted by molar-refractivity contribution is 0.407. The van der Waals surface area contributed by atoms with Crippen LogP contribution in [0.2, 0.25) is 0 Å². The molecule has 2 heterocycles. The van der Waals surface area contributed by atoms with E-state index in [9.17, 15) is 9.90 Å². The molecular formula is C22H23IN4O2. The fourth-order valence-corrected chi connectivity index (χ4v) is 4.36. The zero-order valence-corrected chi connectivity index (χ0v) is 18.5. The lowest BCUT2D eigenvalue weighted by atomic mass is 10.1. The maximum atomic E-state index is 12.1. The maximum absolute atomic E-state index is 12.1. The minimum Gasteiger partial charge on any atom is -0.494 e. The van der Waals surface area contributed by atoms with Gasteiger partial charge in [0.1, 0.15) is 0 Å². The van der Waals surface area contributed by atoms with E-state index in [1.165, 1.54) is 5.69 Å². The number of pyridine rings is 1. The SMILES string of the molecule is CC1CN(c2ccc(N=Cc3c(O)[nH]c(=O)c4ccc(I)cc34)cc2)CC(C)N1. The van der Waals surface area contributed by atoms with Gasteiger partial charge in [0.05, 0.1) is 11.3 Å². The molecule has 0 aliphatic carbocycles. The largest absolute Gasteiger partial charge is 0.494 e. The number of piperazine rings is 1. The summed E-state index contributed by atoms with van der Waals surface area (Å²) in [6.07, 6.45) is 1.60. The third-order valence-corrected chi connectivity index (χ3v) is 5.79. The van der Waals surface area contributed by atoms with Crippen LogP contribution in [0.4, 0.5) is 11.4 Å². The van der Waals surface area contributed by atoms with Crippen LogP contribution in [0, 0.1) is 3.57 Å². The number of hydrogen-bond acceptors (Lipinski definition) is 5. The van der Waals surface area contributed by atoms with Gasteiger partial charge >= 0.3 is 0 Å². The van der Waals surface area contributed by atoms with E-state index in [0.29, 0.717) is 28.4 Å². The number of H-pyrrole nitrogens is 1. The van der Waals surface area contributed by atoms with Crippen molar-refractivity contribution in [3.63, 3.8) is 0 Å². The number of hydrogen-bond donors (Lipinski definition) is 3. The average molecular weight is 502 g/mol. The number of halogens is 1. The van der Waals surface area contributed by atoms with Crippen molar-refractivity contribution in [3.05, 3.63) is 62.0 Å². The molecule has 2 unspecified atom stereocenters. The number of aliphatic imine (C=N–C) groups is 1. The van der Waals surface area contributed by atoms with E-state index in [0.717, 1.165) is 22.3 Å². The zero-order valence-electron chi connectivity index (χ0n) is 16.3. The molecule has 3 aromatic rings. The van der Waals surface area contributed by atoms with Gasteiger partial charge in [0.25, 0.3) is 5.56 Å². The highest BCUT2D eigenvalue weighted by Gasteiger charge is 2.20. The third-order valence-electron chi connectivity index (χ3n) is 5.12. The molecule has 3 N–H and O–H groups in total. The van der Waals surface area contributed by atoms with Crippen LogP contribution in [0.1, 0.15) is 19.4 Å². The van der Waals surface area contributed by atoms with Gasteiger partial charge in [-0.3, -0.25) is 14.8 Å². The second kappa shape index (κ2) is 8.16. The minimum absolute atomic E-state index is 0.173. The first kappa shape index (κ1) is 19.9. The molecule has 0 saturated carbocycles. The summed E-state index contributed by atoms with van der Waals surface area (Å²) in [6.45, 7) is 6.35. The standard InChI is InChI=1S/C22H23IN4O2/c1-13-11-27(12-14(2)25-13)17-6-4-16(5-7-17)24-10-20-19-9-15(23)3-8-18(19)21(28)26-22(20)29/h3-10,13-14,25H,11-12H2,1-2H3,(H2,26,28,29). The Morgan fingerprint density at radius 1 is 1.10 bits per heavy atom. The molecule has 150 valence electrons. The Balaban J connectivity index is 1.62. The van der Waals surface area contributed by atoms with E-state index in [-0.39, 0.29) is 11.4 Å². The molecule has 4 rings (SSSR count). The van der Waals surface area contributed by atoms with Gasteiger partial charge in [0.15, 0.2) is 0 Å². The first-order valence-electron chi connectivity index (χ1n) is 9.60. The van der Waals surface area contributed by atoms with E-state index in [1.807, 2.05) is 24.3 Å². The lowest BCUT2D eigenvalue weighted by Crippen LogP contribution is -2.54. The predicted octanol–water partition coefficient (Wildman–Crippen LogP) is 3.78. The Morgan fingerprint density at radius 3 is 2.48 bits per heavy atom. The summed E-state index contributed by atoms with van der Waals surface area (Å²) in [4.78, 5) is 21.5. The maximum Gasteiger partial charge on any atom is 0.258 e. The summed E-state index contributed by atoms with van der Waals surface area (Å²) in [5.41, 5.74) is 2.16. The first-order chi connectivity index (χ1) is 13.9. The van der Waals surface area contributed by atoms with Gasteiger partial charge in [-0.1, -0.05) is 0 Å². The summed E-state index contributed by atoms with van der Waals surface area (Å²) in [6, 6.07) is 14.5. The molecular weight excluding hydrogens is 479 g/mol. The van der Waals surface area contributed by atoms with Gasteiger partial charge < -0.3 is 15.3 Å². The molecule has 2 aromatic carbocycles. The molecule has 7 heteroatoms. The van der Waals surface area contributed by atoms with E-state index >= 15 is 0 Å². The Labute approximate surface area is 182 Å². The minimum atomic E-state index is -0.310. The van der Waals surface area contributed by atoms with Crippen LogP contribution >= 0.6 is 22.6 Å². The van der Waals surface area contributed by atoms with Crippen LogP contribution in [0.25, 0.3) is 10.8 Å². The van der Waals surface area contributed by atoms with Crippen molar-refractivity contribution < 1.29 is 5.11 Å². The second-order valence-corrected chi connectivity index (χ2v) is 8.80. The topological polar surface area (TPSA) is 80.7 Å². The van der Waals surface area contributed by atoms with Crippen LogP contribution in [0.15, 0.2) is 52.3 Å². The highest BCUT2D eigenvalue weighted by molar-refractivity contribution is 14.1. The number of nitrogens with one attached hydrogen (secondary N) is 2. The van der Waals surface area contributed by atoms with E-state index in [4.69, 9.17) is 0 Å². The molecule has 0 spiro atoms. The van der Waals surface area contributed by atoms with Gasteiger partial charge in [0.2, 0.25) is 5.88 Å². The first-order valence-corrected chi connectivity index (χ1v) is 10.7. The normalized spacial score (nSPS) is 19.9. The van der Waals surface area contributed by atoms with Crippen molar-refractivity contribution in [2.24, 2.45) is 4.99 Å². The zero-order chi connectivity index (χ0) is 20.5. The van der Waals surface area contributed by atoms with E-state index < -0.39 is 0 Å². The quantitative estimate of drug-likeness (QED) is 0.377. The fourth-order valence-electron chi connectivity index (χ4n) is 3.86. The van der Waals surface area contributed by atoms with Crippen molar-refractivity contribution in [3.8, 4) is 5.88 Å². The van der Waals surface area contributed by atoms with Crippen LogP contribution in [-0.4, -0.2) is 41.5 Å². The number of aromatic nitrogens is 1. The molecule has 1 aliphatic heterocycles. The monoisotopic (exact) mass is 502 g/mol. The van der Waals surface area contributed by atoms with Crippen molar-refractivity contribution in [2.45, 2.75) is 25.9 Å². The number of anilines is 1. The molecule has 2 atom stereocenters. The smallest absolute Gasteiger partial charge is 0.258 e. The summed E-state index contributed by atoms with van der Waals surface area (Å²) in [5, 5.41) is 15.0. The number of aromatic hydroxyl groups is 1. The van der Waals surface area contributed by atoms with Crippen molar-refractivity contribution in [1.82, 2.24) is 10.3 Å². The summed E-state index contributed by atoms with van der Waals surface area (Å²) < 4.78 is 0.985. The summed E-state index contributed by atoms with van der Waals surface area (Å²) >= 11 is 2.19. The van der Waals surface area contributed by atoms with Crippen LogP contribution < -0.4 is 15.8 Å². The van der Waals surface area contributed by atoms with Crippen molar-refractivity contribution in [1.29, 1.82) is 0 Å². The number of nitrogens with zero attached hydrogens (tertiary/aromatic N) is 2. The average Bonchev–Trinajstić information content (AvgIpc) is 2.67. The lowest BCUT2D eigenvalue weighted by Gasteiger charge is -2.37. The number of rotatable bonds is 3. The molecule has 1 saturated heterocycles. The highest BCUT2D eigenvalue weighted by Crippen LogP contribution is 2.25. The van der Waals surface area contributed by atoms with Crippen LogP contribution in [0.5, 0.6) is 5.88 Å². The second-order valence-electron chi connectivity index (χ2n) is 7.55. The van der Waals surface area contributed by atoms with E-state index in [1.54, 1.807) is 12.3 Å². The molecule has 6 nitrogen and oxygen atoms in total. The van der Waals surface area contributed by atoms with Gasteiger partial charge in [-0.05, 0) is 78.9 Å². The Morgan fingerprint density at radius 2 is 1.79 bits per heavy atom. The van der Waals surface area contributed by atoms with Crippen LogP contribution in [-0.2, 0) is 0 Å². The molecule has 1 aliphatic rings.